The van der Waals surface area contributed by atoms with Gasteiger partial charge in [0.1, 0.15) is 0 Å². The highest BCUT2D eigenvalue weighted by atomic mass is 35.5. The molecule has 1 N–H and O–H groups in total. The van der Waals surface area contributed by atoms with E-state index in [0.717, 1.165) is 18.4 Å². The molecule has 0 aliphatic rings. The van der Waals surface area contributed by atoms with E-state index in [1.807, 2.05) is 31.2 Å². The van der Waals surface area contributed by atoms with Crippen molar-refractivity contribution in [2.24, 2.45) is 11.8 Å². The molecule has 0 aliphatic heterocycles. The molecule has 0 fully saturated rings. The Kier molecular flexibility index (Phi) is 5.03. The molecule has 0 radical (unpaired) electrons. The van der Waals surface area contributed by atoms with Crippen LogP contribution < -0.4 is 0 Å². The van der Waals surface area contributed by atoms with Crippen LogP contribution in [0, 0.1) is 11.8 Å². The summed E-state index contributed by atoms with van der Waals surface area (Å²) in [6.07, 6.45) is 1.90. The van der Waals surface area contributed by atoms with Gasteiger partial charge in [0.15, 0.2) is 0 Å². The Morgan fingerprint density at radius 3 is 2.47 bits per heavy atom. The fourth-order valence-corrected chi connectivity index (χ4v) is 2.70. The Morgan fingerprint density at radius 1 is 1.29 bits per heavy atom. The molecule has 2 heteroatoms. The number of hydrogen-bond acceptors (Lipinski definition) is 1. The first-order valence-corrected chi connectivity index (χ1v) is 6.67. The maximum absolute atomic E-state index is 10.5. The van der Waals surface area contributed by atoms with E-state index >= 15 is 0 Å². The zero-order valence-electron chi connectivity index (χ0n) is 11.2. The number of halogens is 1. The quantitative estimate of drug-likeness (QED) is 0.813. The molecule has 0 saturated carbocycles. The molecule has 0 amide bonds. The Balaban J connectivity index is 2.74. The number of rotatable bonds is 5. The van der Waals surface area contributed by atoms with E-state index in [9.17, 15) is 5.11 Å². The summed E-state index contributed by atoms with van der Waals surface area (Å²) < 4.78 is 0. The highest BCUT2D eigenvalue weighted by Gasteiger charge is 2.26. The molecule has 0 aromatic heterocycles. The molecular formula is C15H23ClO. The van der Waals surface area contributed by atoms with Gasteiger partial charge in [0.2, 0.25) is 0 Å². The average molecular weight is 255 g/mol. The Bertz CT molecular complexity index is 358. The normalized spacial score (nSPS) is 16.9. The van der Waals surface area contributed by atoms with E-state index < -0.39 is 5.60 Å². The van der Waals surface area contributed by atoms with Crippen molar-refractivity contribution in [3.63, 3.8) is 0 Å². The van der Waals surface area contributed by atoms with Crippen molar-refractivity contribution < 1.29 is 5.11 Å². The van der Waals surface area contributed by atoms with E-state index in [-0.39, 0.29) is 0 Å². The van der Waals surface area contributed by atoms with Crippen LogP contribution in [0.3, 0.4) is 0 Å². The van der Waals surface area contributed by atoms with E-state index in [4.69, 9.17) is 11.6 Å². The molecule has 2 atom stereocenters. The molecule has 0 aliphatic carbocycles. The number of benzene rings is 1. The van der Waals surface area contributed by atoms with Crippen LogP contribution >= 0.6 is 11.6 Å². The van der Waals surface area contributed by atoms with Gasteiger partial charge in [-0.2, -0.15) is 0 Å². The molecule has 1 aromatic carbocycles. The fourth-order valence-electron chi connectivity index (χ4n) is 2.51. The first-order chi connectivity index (χ1) is 7.81. The highest BCUT2D eigenvalue weighted by Crippen LogP contribution is 2.31. The van der Waals surface area contributed by atoms with Gasteiger partial charge in [0, 0.05) is 5.02 Å². The standard InChI is InChI=1S/C15H23ClO/c1-11(2)8-12(3)10-15(4,17)13-6-5-7-14(16)9-13/h5-7,9,11-12,17H,8,10H2,1-4H3. The van der Waals surface area contributed by atoms with Crippen molar-refractivity contribution in [3.05, 3.63) is 34.9 Å². The molecule has 1 nitrogen and oxygen atoms in total. The zero-order valence-corrected chi connectivity index (χ0v) is 12.0. The Morgan fingerprint density at radius 2 is 1.94 bits per heavy atom. The number of aliphatic hydroxyl groups is 1. The van der Waals surface area contributed by atoms with Crippen LogP contribution in [-0.4, -0.2) is 5.11 Å². The maximum atomic E-state index is 10.5. The largest absolute Gasteiger partial charge is 0.385 e. The van der Waals surface area contributed by atoms with Crippen LogP contribution in [-0.2, 0) is 5.60 Å². The number of hydrogen-bond donors (Lipinski definition) is 1. The summed E-state index contributed by atoms with van der Waals surface area (Å²) in [5.41, 5.74) is 0.111. The highest BCUT2D eigenvalue weighted by molar-refractivity contribution is 6.30. The lowest BCUT2D eigenvalue weighted by Crippen LogP contribution is -2.24. The summed E-state index contributed by atoms with van der Waals surface area (Å²) in [5, 5.41) is 11.2. The van der Waals surface area contributed by atoms with Crippen LogP contribution in [0.25, 0.3) is 0 Å². The van der Waals surface area contributed by atoms with Gasteiger partial charge in [0.05, 0.1) is 5.60 Å². The van der Waals surface area contributed by atoms with E-state index in [1.165, 1.54) is 0 Å². The SMILES string of the molecule is CC(C)CC(C)CC(C)(O)c1cccc(Cl)c1. The topological polar surface area (TPSA) is 20.2 Å². The second-order valence-electron chi connectivity index (χ2n) is 5.72. The van der Waals surface area contributed by atoms with Crippen molar-refractivity contribution in [2.45, 2.75) is 46.1 Å². The lowest BCUT2D eigenvalue weighted by Gasteiger charge is -2.28. The summed E-state index contributed by atoms with van der Waals surface area (Å²) in [5.74, 6) is 1.17. The molecule has 0 heterocycles. The maximum Gasteiger partial charge on any atom is 0.0871 e. The third-order valence-corrected chi connectivity index (χ3v) is 3.30. The summed E-state index contributed by atoms with van der Waals surface area (Å²) >= 11 is 5.96. The van der Waals surface area contributed by atoms with Crippen molar-refractivity contribution in [2.75, 3.05) is 0 Å². The van der Waals surface area contributed by atoms with Gasteiger partial charge >= 0.3 is 0 Å². The Labute approximate surface area is 110 Å². The monoisotopic (exact) mass is 254 g/mol. The molecule has 2 unspecified atom stereocenters. The van der Waals surface area contributed by atoms with Crippen molar-refractivity contribution in [1.82, 2.24) is 0 Å². The van der Waals surface area contributed by atoms with Crippen LogP contribution in [0.1, 0.15) is 46.1 Å². The third-order valence-electron chi connectivity index (χ3n) is 3.07. The smallest absolute Gasteiger partial charge is 0.0871 e. The summed E-state index contributed by atoms with van der Waals surface area (Å²) in [6.45, 7) is 8.49. The molecular weight excluding hydrogens is 232 g/mol. The van der Waals surface area contributed by atoms with Crippen molar-refractivity contribution in [3.8, 4) is 0 Å². The minimum Gasteiger partial charge on any atom is -0.385 e. The van der Waals surface area contributed by atoms with Crippen molar-refractivity contribution >= 4 is 11.6 Å². The predicted molar refractivity (Wildman–Crippen MR) is 74.3 cm³/mol. The van der Waals surface area contributed by atoms with Crippen LogP contribution in [0.5, 0.6) is 0 Å². The van der Waals surface area contributed by atoms with Gasteiger partial charge in [-0.25, -0.2) is 0 Å². The minimum atomic E-state index is -0.792. The van der Waals surface area contributed by atoms with Crippen molar-refractivity contribution in [1.29, 1.82) is 0 Å². The van der Waals surface area contributed by atoms with Gasteiger partial charge in [-0.3, -0.25) is 0 Å². The van der Waals surface area contributed by atoms with E-state index in [2.05, 4.69) is 20.8 Å². The molecule has 0 saturated heterocycles. The van der Waals surface area contributed by atoms with Gasteiger partial charge in [-0.1, -0.05) is 44.5 Å². The van der Waals surface area contributed by atoms with E-state index in [0.29, 0.717) is 16.9 Å². The second-order valence-corrected chi connectivity index (χ2v) is 6.16. The van der Waals surface area contributed by atoms with Gasteiger partial charge in [-0.05, 0) is 49.3 Å². The minimum absolute atomic E-state index is 0.504. The summed E-state index contributed by atoms with van der Waals surface area (Å²) in [7, 11) is 0. The van der Waals surface area contributed by atoms with E-state index in [1.54, 1.807) is 0 Å². The molecule has 0 spiro atoms. The molecule has 17 heavy (non-hydrogen) atoms. The van der Waals surface area contributed by atoms with Crippen LogP contribution in [0.15, 0.2) is 24.3 Å². The molecule has 1 rings (SSSR count). The lowest BCUT2D eigenvalue weighted by atomic mass is 9.83. The van der Waals surface area contributed by atoms with Gasteiger partial charge < -0.3 is 5.11 Å². The molecule has 0 bridgehead atoms. The summed E-state index contributed by atoms with van der Waals surface area (Å²) in [6, 6.07) is 7.51. The molecule has 96 valence electrons. The van der Waals surface area contributed by atoms with Gasteiger partial charge in [-0.15, -0.1) is 0 Å². The first-order valence-electron chi connectivity index (χ1n) is 6.29. The first kappa shape index (κ1) is 14.5. The van der Waals surface area contributed by atoms with Crippen LogP contribution in [0.4, 0.5) is 0 Å². The fraction of sp³-hybridized carbons (Fsp3) is 0.600. The zero-order chi connectivity index (χ0) is 13.1. The molecule has 1 aromatic rings. The van der Waals surface area contributed by atoms with Crippen LogP contribution in [0.2, 0.25) is 5.02 Å². The lowest BCUT2D eigenvalue weighted by molar-refractivity contribution is 0.0296. The Hall–Kier alpha value is -0.530. The predicted octanol–water partition coefficient (Wildman–Crippen LogP) is 4.62. The third kappa shape index (κ3) is 4.69. The second kappa shape index (κ2) is 5.88. The average Bonchev–Trinajstić information content (AvgIpc) is 2.15. The summed E-state index contributed by atoms with van der Waals surface area (Å²) in [4.78, 5) is 0. The van der Waals surface area contributed by atoms with Gasteiger partial charge in [0.25, 0.3) is 0 Å².